The predicted octanol–water partition coefficient (Wildman–Crippen LogP) is 0.0503. The van der Waals surface area contributed by atoms with Crippen molar-refractivity contribution in [2.45, 2.75) is 39.7 Å². The second kappa shape index (κ2) is 9.05. The van der Waals surface area contributed by atoms with Gasteiger partial charge in [-0.25, -0.2) is 4.79 Å². The Morgan fingerprint density at radius 3 is 2.15 bits per heavy atom. The first-order valence-electron chi connectivity index (χ1n) is 9.51. The minimum absolute atomic E-state index is 0.0674. The van der Waals surface area contributed by atoms with Crippen LogP contribution in [-0.4, -0.2) is 90.9 Å². The Morgan fingerprint density at radius 2 is 1.63 bits per heavy atom. The molecule has 0 aromatic rings. The molecule has 0 aliphatic carbocycles. The summed E-state index contributed by atoms with van der Waals surface area (Å²) >= 11 is 0. The number of piperazine rings is 1. The number of hydrogen-bond donors (Lipinski definition) is 1. The van der Waals surface area contributed by atoms with Gasteiger partial charge in [-0.15, -0.1) is 0 Å². The van der Waals surface area contributed by atoms with Crippen molar-refractivity contribution in [2.24, 2.45) is 5.41 Å². The Bertz CT molecular complexity index is 564. The fourth-order valence-corrected chi connectivity index (χ4v) is 3.31. The lowest BCUT2D eigenvalue weighted by molar-refractivity contribution is -0.151. The third-order valence-corrected chi connectivity index (χ3v) is 5.21. The molecule has 0 spiro atoms. The molecule has 0 saturated carbocycles. The fourth-order valence-electron chi connectivity index (χ4n) is 3.31. The van der Waals surface area contributed by atoms with E-state index in [0.29, 0.717) is 58.7 Å². The SMILES string of the molecule is CCOC(=O)N1CCC(NC(=O)C(C)(C)C(=O)N2CCN(C=O)CC2)CC1. The van der Waals surface area contributed by atoms with Crippen molar-refractivity contribution >= 4 is 24.3 Å². The van der Waals surface area contributed by atoms with Crippen LogP contribution >= 0.6 is 0 Å². The van der Waals surface area contributed by atoms with E-state index in [1.165, 1.54) is 0 Å². The quantitative estimate of drug-likeness (QED) is 0.535. The summed E-state index contributed by atoms with van der Waals surface area (Å²) in [6.45, 7) is 8.25. The van der Waals surface area contributed by atoms with Crippen LogP contribution in [0.1, 0.15) is 33.6 Å². The zero-order valence-electron chi connectivity index (χ0n) is 16.4. The zero-order chi connectivity index (χ0) is 20.0. The van der Waals surface area contributed by atoms with Crippen molar-refractivity contribution in [3.8, 4) is 0 Å². The molecule has 0 aromatic heterocycles. The molecule has 0 aromatic carbocycles. The molecule has 2 saturated heterocycles. The van der Waals surface area contributed by atoms with Gasteiger partial charge in [0.05, 0.1) is 6.61 Å². The maximum Gasteiger partial charge on any atom is 0.409 e. The van der Waals surface area contributed by atoms with E-state index < -0.39 is 5.41 Å². The van der Waals surface area contributed by atoms with Crippen LogP contribution in [0.15, 0.2) is 0 Å². The largest absolute Gasteiger partial charge is 0.450 e. The van der Waals surface area contributed by atoms with Gasteiger partial charge in [-0.05, 0) is 33.6 Å². The maximum atomic E-state index is 12.8. The molecule has 2 aliphatic heterocycles. The van der Waals surface area contributed by atoms with Crippen LogP contribution < -0.4 is 5.32 Å². The minimum Gasteiger partial charge on any atom is -0.450 e. The topological polar surface area (TPSA) is 99.3 Å². The number of hydrogen-bond acceptors (Lipinski definition) is 5. The minimum atomic E-state index is -1.18. The molecule has 2 rings (SSSR count). The number of likely N-dealkylation sites (tertiary alicyclic amines) is 1. The summed E-state index contributed by atoms with van der Waals surface area (Å²) in [6.07, 6.45) is 1.72. The molecular weight excluding hydrogens is 352 g/mol. The van der Waals surface area contributed by atoms with Crippen LogP contribution in [0.4, 0.5) is 4.79 Å². The summed E-state index contributed by atoms with van der Waals surface area (Å²) in [5.41, 5.74) is -1.18. The van der Waals surface area contributed by atoms with E-state index in [4.69, 9.17) is 4.74 Å². The standard InChI is InChI=1S/C18H30N4O5/c1-4-27-17(26)22-7-5-14(6-8-22)19-15(24)18(2,3)16(25)21-11-9-20(13-23)10-12-21/h13-14H,4-12H2,1-3H3,(H,19,24). The van der Waals surface area contributed by atoms with Crippen LogP contribution in [0.25, 0.3) is 0 Å². The Kier molecular flexibility index (Phi) is 7.04. The molecule has 0 atom stereocenters. The van der Waals surface area contributed by atoms with E-state index in [1.54, 1.807) is 35.5 Å². The molecule has 2 heterocycles. The molecule has 4 amide bonds. The highest BCUT2D eigenvalue weighted by atomic mass is 16.6. The van der Waals surface area contributed by atoms with Crippen molar-refractivity contribution in [2.75, 3.05) is 45.9 Å². The van der Waals surface area contributed by atoms with Gasteiger partial charge in [0.2, 0.25) is 18.2 Å². The number of piperidine rings is 1. The number of carbonyl (C=O) groups excluding carboxylic acids is 4. The van der Waals surface area contributed by atoms with Gasteiger partial charge in [-0.2, -0.15) is 0 Å². The van der Waals surface area contributed by atoms with Crippen LogP contribution in [0.2, 0.25) is 0 Å². The summed E-state index contributed by atoms with van der Waals surface area (Å²) in [5, 5.41) is 2.96. The maximum absolute atomic E-state index is 12.8. The van der Waals surface area contributed by atoms with Gasteiger partial charge in [0, 0.05) is 45.3 Å². The monoisotopic (exact) mass is 382 g/mol. The predicted molar refractivity (Wildman–Crippen MR) is 97.8 cm³/mol. The number of carbonyl (C=O) groups is 4. The molecule has 2 fully saturated rings. The third-order valence-electron chi connectivity index (χ3n) is 5.21. The number of rotatable bonds is 5. The van der Waals surface area contributed by atoms with E-state index in [1.807, 2.05) is 0 Å². The van der Waals surface area contributed by atoms with Gasteiger partial charge < -0.3 is 24.8 Å². The summed E-state index contributed by atoms with van der Waals surface area (Å²) in [7, 11) is 0. The van der Waals surface area contributed by atoms with E-state index in [2.05, 4.69) is 5.32 Å². The first-order valence-corrected chi connectivity index (χ1v) is 9.51. The summed E-state index contributed by atoms with van der Waals surface area (Å²) in [6, 6.07) is -0.0674. The second-order valence-electron chi connectivity index (χ2n) is 7.49. The zero-order valence-corrected chi connectivity index (χ0v) is 16.4. The number of nitrogens with one attached hydrogen (secondary N) is 1. The molecule has 0 radical (unpaired) electrons. The van der Waals surface area contributed by atoms with Crippen LogP contribution in [0.3, 0.4) is 0 Å². The highest BCUT2D eigenvalue weighted by Crippen LogP contribution is 2.22. The smallest absolute Gasteiger partial charge is 0.409 e. The lowest BCUT2D eigenvalue weighted by atomic mass is 9.89. The highest BCUT2D eigenvalue weighted by molar-refractivity contribution is 6.04. The lowest BCUT2D eigenvalue weighted by Crippen LogP contribution is -2.57. The first kappa shape index (κ1) is 21.0. The fraction of sp³-hybridized carbons (Fsp3) is 0.778. The van der Waals surface area contributed by atoms with Gasteiger partial charge in [0.15, 0.2) is 0 Å². The molecular formula is C18H30N4O5. The van der Waals surface area contributed by atoms with Gasteiger partial charge in [-0.3, -0.25) is 14.4 Å². The highest BCUT2D eigenvalue weighted by Gasteiger charge is 2.41. The Hall–Kier alpha value is -2.32. The lowest BCUT2D eigenvalue weighted by Gasteiger charge is -2.38. The first-order chi connectivity index (χ1) is 12.8. The van der Waals surface area contributed by atoms with Gasteiger partial charge >= 0.3 is 6.09 Å². The average Bonchev–Trinajstić information content (AvgIpc) is 2.68. The van der Waals surface area contributed by atoms with Crippen molar-refractivity contribution in [1.82, 2.24) is 20.0 Å². The molecule has 0 unspecified atom stereocenters. The van der Waals surface area contributed by atoms with Crippen LogP contribution in [0.5, 0.6) is 0 Å². The van der Waals surface area contributed by atoms with Crippen LogP contribution in [0, 0.1) is 5.41 Å². The van der Waals surface area contributed by atoms with Crippen molar-refractivity contribution in [3.63, 3.8) is 0 Å². The summed E-state index contributed by atoms with van der Waals surface area (Å²) < 4.78 is 4.99. The Morgan fingerprint density at radius 1 is 1.04 bits per heavy atom. The van der Waals surface area contributed by atoms with Gasteiger partial charge in [0.25, 0.3) is 0 Å². The molecule has 2 aliphatic rings. The Labute approximate surface area is 160 Å². The summed E-state index contributed by atoms with van der Waals surface area (Å²) in [5.74, 6) is -0.533. The third kappa shape index (κ3) is 5.11. The van der Waals surface area contributed by atoms with E-state index >= 15 is 0 Å². The van der Waals surface area contributed by atoms with Crippen molar-refractivity contribution in [1.29, 1.82) is 0 Å². The molecule has 152 valence electrons. The van der Waals surface area contributed by atoms with Gasteiger partial charge in [0.1, 0.15) is 5.41 Å². The number of ether oxygens (including phenoxy) is 1. The molecule has 0 bridgehead atoms. The van der Waals surface area contributed by atoms with E-state index in [0.717, 1.165) is 6.41 Å². The van der Waals surface area contributed by atoms with Crippen molar-refractivity contribution < 1.29 is 23.9 Å². The average molecular weight is 382 g/mol. The second-order valence-corrected chi connectivity index (χ2v) is 7.49. The summed E-state index contributed by atoms with van der Waals surface area (Å²) in [4.78, 5) is 52.9. The van der Waals surface area contributed by atoms with E-state index in [-0.39, 0.29) is 23.9 Å². The normalized spacial score (nSPS) is 18.9. The Balaban J connectivity index is 1.84. The van der Waals surface area contributed by atoms with E-state index in [9.17, 15) is 19.2 Å². The number of amides is 4. The van der Waals surface area contributed by atoms with Gasteiger partial charge in [-0.1, -0.05) is 0 Å². The molecule has 1 N–H and O–H groups in total. The molecule has 27 heavy (non-hydrogen) atoms. The van der Waals surface area contributed by atoms with Crippen LogP contribution in [-0.2, 0) is 19.1 Å². The molecule has 9 heteroatoms. The molecule has 9 nitrogen and oxygen atoms in total. The van der Waals surface area contributed by atoms with Crippen molar-refractivity contribution in [3.05, 3.63) is 0 Å². The number of nitrogens with zero attached hydrogens (tertiary/aromatic N) is 3.